The molecular weight excluding hydrogens is 316 g/mol. The van der Waals surface area contributed by atoms with Crippen molar-refractivity contribution in [2.24, 2.45) is 0 Å². The van der Waals surface area contributed by atoms with Gasteiger partial charge in [0.1, 0.15) is 11.5 Å². The fourth-order valence-electron chi connectivity index (χ4n) is 2.56. The number of carbonyl (C=O) groups excluding carboxylic acids is 1. The maximum absolute atomic E-state index is 12.1. The molecule has 2 aromatic carbocycles. The summed E-state index contributed by atoms with van der Waals surface area (Å²) in [6, 6.07) is 15.6. The van der Waals surface area contributed by atoms with Crippen LogP contribution in [0.3, 0.4) is 0 Å². The molecule has 5 nitrogen and oxygen atoms in total. The summed E-state index contributed by atoms with van der Waals surface area (Å²) >= 11 is 0. The molecule has 0 spiro atoms. The summed E-state index contributed by atoms with van der Waals surface area (Å²) in [5.41, 5.74) is 2.19. The van der Waals surface area contributed by atoms with Crippen molar-refractivity contribution in [3.05, 3.63) is 59.7 Å². The average molecular weight is 342 g/mol. The Kier molecular flexibility index (Phi) is 6.83. The first kappa shape index (κ1) is 18.8. The van der Waals surface area contributed by atoms with Crippen LogP contribution in [0.15, 0.2) is 48.5 Å². The van der Waals surface area contributed by atoms with Gasteiger partial charge in [-0.15, -0.1) is 0 Å². The molecule has 2 rings (SSSR count). The highest BCUT2D eigenvalue weighted by Gasteiger charge is 2.16. The van der Waals surface area contributed by atoms with E-state index in [1.165, 1.54) is 0 Å². The predicted octanol–water partition coefficient (Wildman–Crippen LogP) is 2.80. The van der Waals surface area contributed by atoms with Crippen LogP contribution in [-0.2, 0) is 4.79 Å². The van der Waals surface area contributed by atoms with Crippen molar-refractivity contribution >= 4 is 5.91 Å². The molecule has 0 radical (unpaired) electrons. The number of amides is 1. The lowest BCUT2D eigenvalue weighted by molar-refractivity contribution is -0.123. The lowest BCUT2D eigenvalue weighted by Gasteiger charge is -2.25. The zero-order chi connectivity index (χ0) is 18.2. The second kappa shape index (κ2) is 9.08. The van der Waals surface area contributed by atoms with E-state index in [0.29, 0.717) is 12.3 Å². The Morgan fingerprint density at radius 2 is 1.84 bits per heavy atom. The van der Waals surface area contributed by atoms with Crippen molar-refractivity contribution < 1.29 is 14.3 Å². The van der Waals surface area contributed by atoms with Crippen LogP contribution in [0.25, 0.3) is 0 Å². The number of likely N-dealkylation sites (N-methyl/N-ethyl adjacent to an activating group) is 1. The largest absolute Gasteiger partial charge is 0.497 e. The first-order chi connectivity index (χ1) is 12.0. The Balaban J connectivity index is 1.90. The number of ether oxygens (including phenoxy) is 2. The highest BCUT2D eigenvalue weighted by atomic mass is 16.5. The summed E-state index contributed by atoms with van der Waals surface area (Å²) in [6.45, 7) is 2.49. The first-order valence-electron chi connectivity index (χ1n) is 8.26. The van der Waals surface area contributed by atoms with Crippen molar-refractivity contribution in [3.63, 3.8) is 0 Å². The molecular formula is C20H26N2O3. The summed E-state index contributed by atoms with van der Waals surface area (Å²) in [4.78, 5) is 14.2. The van der Waals surface area contributed by atoms with E-state index < -0.39 is 0 Å². The van der Waals surface area contributed by atoms with Crippen molar-refractivity contribution in [3.8, 4) is 11.5 Å². The van der Waals surface area contributed by atoms with Crippen molar-refractivity contribution in [1.82, 2.24) is 10.2 Å². The SMILES string of the molecule is COc1cccc(C(CNC(=O)COc2cccc(C)c2)N(C)C)c1. The fourth-order valence-corrected chi connectivity index (χ4v) is 2.56. The number of benzene rings is 2. The Bertz CT molecular complexity index is 701. The number of rotatable bonds is 8. The van der Waals surface area contributed by atoms with Crippen LogP contribution < -0.4 is 14.8 Å². The van der Waals surface area contributed by atoms with Gasteiger partial charge in [-0.3, -0.25) is 4.79 Å². The lowest BCUT2D eigenvalue weighted by Crippen LogP contribution is -2.36. The standard InChI is InChI=1S/C20H26N2O3/c1-15-7-5-10-18(11-15)25-14-20(23)21-13-19(22(2)3)16-8-6-9-17(12-16)24-4/h5-12,19H,13-14H2,1-4H3,(H,21,23). The number of carbonyl (C=O) groups is 1. The van der Waals surface area contributed by atoms with Gasteiger partial charge in [0.2, 0.25) is 0 Å². The normalized spacial score (nSPS) is 11.9. The molecule has 1 amide bonds. The molecule has 0 heterocycles. The van der Waals surface area contributed by atoms with E-state index in [-0.39, 0.29) is 18.6 Å². The number of nitrogens with one attached hydrogen (secondary N) is 1. The molecule has 1 unspecified atom stereocenters. The molecule has 0 aliphatic heterocycles. The molecule has 134 valence electrons. The van der Waals surface area contributed by atoms with Crippen LogP contribution in [-0.4, -0.2) is 45.2 Å². The van der Waals surface area contributed by atoms with Gasteiger partial charge in [0.05, 0.1) is 13.2 Å². The minimum atomic E-state index is -0.142. The van der Waals surface area contributed by atoms with E-state index in [4.69, 9.17) is 9.47 Å². The third-order valence-electron chi connectivity index (χ3n) is 3.95. The Morgan fingerprint density at radius 1 is 1.12 bits per heavy atom. The molecule has 0 saturated carbocycles. The predicted molar refractivity (Wildman–Crippen MR) is 99.1 cm³/mol. The second-order valence-corrected chi connectivity index (χ2v) is 6.17. The third kappa shape index (κ3) is 5.80. The molecule has 0 fully saturated rings. The number of nitrogens with zero attached hydrogens (tertiary/aromatic N) is 1. The molecule has 25 heavy (non-hydrogen) atoms. The third-order valence-corrected chi connectivity index (χ3v) is 3.95. The topological polar surface area (TPSA) is 50.8 Å². The molecule has 0 bridgehead atoms. The zero-order valence-electron chi connectivity index (χ0n) is 15.3. The van der Waals surface area contributed by atoms with Crippen molar-refractivity contribution in [2.75, 3.05) is 34.4 Å². The summed E-state index contributed by atoms with van der Waals surface area (Å²) < 4.78 is 10.8. The van der Waals surface area contributed by atoms with Gasteiger partial charge in [0, 0.05) is 6.54 Å². The molecule has 5 heteroatoms. The molecule has 1 atom stereocenters. The van der Waals surface area contributed by atoms with Crippen LogP contribution in [0.2, 0.25) is 0 Å². The Morgan fingerprint density at radius 3 is 2.52 bits per heavy atom. The smallest absolute Gasteiger partial charge is 0.258 e. The van der Waals surface area contributed by atoms with Gasteiger partial charge in [0.25, 0.3) is 5.91 Å². The van der Waals surface area contributed by atoms with Gasteiger partial charge in [-0.2, -0.15) is 0 Å². The maximum Gasteiger partial charge on any atom is 0.258 e. The highest BCUT2D eigenvalue weighted by molar-refractivity contribution is 5.77. The van der Waals surface area contributed by atoms with E-state index in [9.17, 15) is 4.79 Å². The molecule has 0 aliphatic carbocycles. The molecule has 1 N–H and O–H groups in total. The second-order valence-electron chi connectivity index (χ2n) is 6.17. The Labute approximate surface area is 149 Å². The lowest BCUT2D eigenvalue weighted by atomic mass is 10.1. The number of hydrogen-bond donors (Lipinski definition) is 1. The van der Waals surface area contributed by atoms with Gasteiger partial charge in [-0.25, -0.2) is 0 Å². The van der Waals surface area contributed by atoms with E-state index in [2.05, 4.69) is 10.2 Å². The number of hydrogen-bond acceptors (Lipinski definition) is 4. The quantitative estimate of drug-likeness (QED) is 0.801. The van der Waals surface area contributed by atoms with Gasteiger partial charge >= 0.3 is 0 Å². The molecule has 0 aliphatic rings. The summed E-state index contributed by atoms with van der Waals surface area (Å²) in [6.07, 6.45) is 0. The minimum absolute atomic E-state index is 0.00170. The number of methoxy groups -OCH3 is 1. The maximum atomic E-state index is 12.1. The van der Waals surface area contributed by atoms with E-state index in [0.717, 1.165) is 16.9 Å². The first-order valence-corrected chi connectivity index (χ1v) is 8.26. The van der Waals surface area contributed by atoms with Crippen LogP contribution in [0.1, 0.15) is 17.2 Å². The van der Waals surface area contributed by atoms with Gasteiger partial charge in [-0.1, -0.05) is 24.3 Å². The van der Waals surface area contributed by atoms with E-state index in [1.54, 1.807) is 7.11 Å². The Hall–Kier alpha value is -2.53. The summed E-state index contributed by atoms with van der Waals surface area (Å²) in [5.74, 6) is 1.36. The molecule has 2 aromatic rings. The zero-order valence-corrected chi connectivity index (χ0v) is 15.3. The van der Waals surface area contributed by atoms with Crippen LogP contribution in [0.4, 0.5) is 0 Å². The van der Waals surface area contributed by atoms with Crippen LogP contribution in [0, 0.1) is 6.92 Å². The monoisotopic (exact) mass is 342 g/mol. The van der Waals surface area contributed by atoms with E-state index >= 15 is 0 Å². The van der Waals surface area contributed by atoms with E-state index in [1.807, 2.05) is 69.6 Å². The molecule has 0 saturated heterocycles. The minimum Gasteiger partial charge on any atom is -0.497 e. The summed E-state index contributed by atoms with van der Waals surface area (Å²) in [7, 11) is 5.62. The number of aryl methyl sites for hydroxylation is 1. The van der Waals surface area contributed by atoms with Crippen LogP contribution in [0.5, 0.6) is 11.5 Å². The van der Waals surface area contributed by atoms with Crippen LogP contribution >= 0.6 is 0 Å². The van der Waals surface area contributed by atoms with Gasteiger partial charge in [-0.05, 0) is 56.4 Å². The average Bonchev–Trinajstić information content (AvgIpc) is 2.60. The fraction of sp³-hybridized carbons (Fsp3) is 0.350. The molecule has 0 aromatic heterocycles. The van der Waals surface area contributed by atoms with Crippen molar-refractivity contribution in [2.45, 2.75) is 13.0 Å². The van der Waals surface area contributed by atoms with Gasteiger partial charge in [0.15, 0.2) is 6.61 Å². The van der Waals surface area contributed by atoms with Crippen molar-refractivity contribution in [1.29, 1.82) is 0 Å². The highest BCUT2D eigenvalue weighted by Crippen LogP contribution is 2.22. The van der Waals surface area contributed by atoms with Gasteiger partial charge < -0.3 is 19.7 Å². The summed E-state index contributed by atoms with van der Waals surface area (Å²) in [5, 5.41) is 2.94.